The van der Waals surface area contributed by atoms with Gasteiger partial charge in [-0.05, 0) is 19.8 Å². The summed E-state index contributed by atoms with van der Waals surface area (Å²) in [6.07, 6.45) is 2.84. The van der Waals surface area contributed by atoms with Gasteiger partial charge >= 0.3 is 12.0 Å². The number of rotatable bonds is 5. The number of fused-ring (bicyclic) bond motifs is 1. The predicted octanol–water partition coefficient (Wildman–Crippen LogP) is 1.19. The van der Waals surface area contributed by atoms with Crippen LogP contribution in [0.1, 0.15) is 32.6 Å². The van der Waals surface area contributed by atoms with Crippen LogP contribution in [-0.2, 0) is 4.79 Å². The Labute approximate surface area is 105 Å². The van der Waals surface area contributed by atoms with E-state index in [0.29, 0.717) is 5.25 Å². The number of unbranched alkanes of at least 4 members (excludes halogenated alkanes) is 1. The molecule has 0 saturated carbocycles. The lowest BCUT2D eigenvalue weighted by Gasteiger charge is -2.23. The summed E-state index contributed by atoms with van der Waals surface area (Å²) in [5, 5.41) is 14.9. The largest absolute Gasteiger partial charge is 0.481 e. The summed E-state index contributed by atoms with van der Waals surface area (Å²) in [6, 6.07) is 0.109. The first-order valence-corrected chi connectivity index (χ1v) is 6.98. The Bertz CT molecular complexity index is 337. The number of thioether (sulfide) groups is 1. The van der Waals surface area contributed by atoms with Crippen LogP contribution < -0.4 is 10.6 Å². The van der Waals surface area contributed by atoms with Crippen molar-refractivity contribution in [1.82, 2.24) is 10.6 Å². The normalized spacial score (nSPS) is 35.2. The van der Waals surface area contributed by atoms with Gasteiger partial charge in [-0.1, -0.05) is 6.42 Å². The van der Waals surface area contributed by atoms with Crippen molar-refractivity contribution < 1.29 is 14.7 Å². The van der Waals surface area contributed by atoms with Crippen LogP contribution in [0, 0.1) is 0 Å². The van der Waals surface area contributed by atoms with Crippen LogP contribution >= 0.6 is 11.8 Å². The van der Waals surface area contributed by atoms with Gasteiger partial charge < -0.3 is 15.7 Å². The third-order valence-electron chi connectivity index (χ3n) is 3.47. The maximum absolute atomic E-state index is 11.3. The van der Waals surface area contributed by atoms with Crippen LogP contribution in [0.4, 0.5) is 4.79 Å². The van der Waals surface area contributed by atoms with Gasteiger partial charge in [0.2, 0.25) is 0 Å². The fraction of sp³-hybridized carbons (Fsp3) is 0.818. The molecule has 96 valence electrons. The molecule has 0 spiro atoms. The number of hydrogen-bond acceptors (Lipinski definition) is 3. The average molecular weight is 258 g/mol. The second-order valence-electron chi connectivity index (χ2n) is 4.98. The van der Waals surface area contributed by atoms with Gasteiger partial charge in [-0.15, -0.1) is 0 Å². The summed E-state index contributed by atoms with van der Waals surface area (Å²) in [7, 11) is 0. The highest BCUT2D eigenvalue weighted by Crippen LogP contribution is 2.39. The van der Waals surface area contributed by atoms with Crippen LogP contribution in [0.25, 0.3) is 0 Å². The highest BCUT2D eigenvalue weighted by Gasteiger charge is 2.51. The van der Waals surface area contributed by atoms with Crippen molar-refractivity contribution in [2.75, 3.05) is 5.75 Å². The monoisotopic (exact) mass is 258 g/mol. The van der Waals surface area contributed by atoms with Crippen molar-refractivity contribution >= 4 is 23.8 Å². The number of urea groups is 1. The van der Waals surface area contributed by atoms with E-state index in [1.807, 2.05) is 11.8 Å². The molecule has 3 atom stereocenters. The zero-order valence-corrected chi connectivity index (χ0v) is 10.7. The van der Waals surface area contributed by atoms with Crippen LogP contribution in [-0.4, -0.2) is 39.7 Å². The van der Waals surface area contributed by atoms with Gasteiger partial charge in [-0.25, -0.2) is 4.79 Å². The molecule has 2 aliphatic heterocycles. The molecule has 0 unspecified atom stereocenters. The molecule has 3 N–H and O–H groups in total. The first-order chi connectivity index (χ1) is 8.01. The molecule has 2 fully saturated rings. The third kappa shape index (κ3) is 2.68. The van der Waals surface area contributed by atoms with E-state index in [1.165, 1.54) is 0 Å². The summed E-state index contributed by atoms with van der Waals surface area (Å²) in [6.45, 7) is 2.07. The summed E-state index contributed by atoms with van der Waals surface area (Å²) in [5.41, 5.74) is -0.126. The molecule has 2 aliphatic rings. The number of carbonyl (C=O) groups is 2. The number of nitrogens with one attached hydrogen (secondary N) is 2. The lowest BCUT2D eigenvalue weighted by atomic mass is 9.92. The Balaban J connectivity index is 1.79. The van der Waals surface area contributed by atoms with Gasteiger partial charge in [0.15, 0.2) is 0 Å². The zero-order valence-electron chi connectivity index (χ0n) is 9.86. The topological polar surface area (TPSA) is 78.4 Å². The van der Waals surface area contributed by atoms with E-state index < -0.39 is 5.97 Å². The van der Waals surface area contributed by atoms with E-state index in [-0.39, 0.29) is 24.0 Å². The molecule has 6 heteroatoms. The number of aliphatic carboxylic acids is 1. The van der Waals surface area contributed by atoms with E-state index in [2.05, 4.69) is 17.6 Å². The molecule has 0 aliphatic carbocycles. The summed E-state index contributed by atoms with van der Waals surface area (Å²) in [5.74, 6) is 0.199. The van der Waals surface area contributed by atoms with Crippen molar-refractivity contribution in [3.8, 4) is 0 Å². The molecule has 0 aromatic heterocycles. The predicted molar refractivity (Wildman–Crippen MR) is 66.2 cm³/mol. The molecule has 0 aromatic rings. The minimum absolute atomic E-state index is 0.0756. The SMILES string of the molecule is C[C@@]12CS[C@H](CCCCC(=O)O)[C@@H]1NC(=O)N2. The van der Waals surface area contributed by atoms with E-state index in [1.54, 1.807) is 0 Å². The zero-order chi connectivity index (χ0) is 12.5. The summed E-state index contributed by atoms with van der Waals surface area (Å²) >= 11 is 1.87. The van der Waals surface area contributed by atoms with Gasteiger partial charge in [0.25, 0.3) is 0 Å². The summed E-state index contributed by atoms with van der Waals surface area (Å²) in [4.78, 5) is 21.7. The lowest BCUT2D eigenvalue weighted by molar-refractivity contribution is -0.137. The standard InChI is InChI=1S/C11H18N2O3S/c1-11-6-17-7(4-2-3-5-8(14)15)9(11)12-10(16)13-11/h7,9H,2-6H2,1H3,(H,14,15)(H2,12,13,16)/t7-,9+,11-/m1/s1. The van der Waals surface area contributed by atoms with Crippen LogP contribution in [0.2, 0.25) is 0 Å². The fourth-order valence-electron chi connectivity index (χ4n) is 2.55. The second kappa shape index (κ2) is 4.76. The first kappa shape index (κ1) is 12.5. The fourth-order valence-corrected chi connectivity index (χ4v) is 4.26. The smallest absolute Gasteiger partial charge is 0.315 e. The van der Waals surface area contributed by atoms with E-state index in [4.69, 9.17) is 5.11 Å². The van der Waals surface area contributed by atoms with Crippen LogP contribution in [0.5, 0.6) is 0 Å². The van der Waals surface area contributed by atoms with Gasteiger partial charge in [0, 0.05) is 17.4 Å². The van der Waals surface area contributed by atoms with Gasteiger partial charge in [-0.3, -0.25) is 4.79 Å². The van der Waals surface area contributed by atoms with Gasteiger partial charge in [-0.2, -0.15) is 11.8 Å². The van der Waals surface area contributed by atoms with Crippen LogP contribution in [0.15, 0.2) is 0 Å². The second-order valence-corrected chi connectivity index (χ2v) is 6.21. The van der Waals surface area contributed by atoms with E-state index in [0.717, 1.165) is 25.0 Å². The Hall–Kier alpha value is -0.910. The Kier molecular flexibility index (Phi) is 3.51. The molecular weight excluding hydrogens is 240 g/mol. The molecule has 2 saturated heterocycles. The molecule has 5 nitrogen and oxygen atoms in total. The average Bonchev–Trinajstić information content (AvgIpc) is 2.66. The lowest BCUT2D eigenvalue weighted by Crippen LogP contribution is -2.47. The molecule has 17 heavy (non-hydrogen) atoms. The Morgan fingerprint density at radius 2 is 2.35 bits per heavy atom. The number of carboxylic acid groups (broad SMARTS) is 1. The maximum Gasteiger partial charge on any atom is 0.315 e. The number of hydrogen-bond donors (Lipinski definition) is 3. The molecule has 0 aromatic carbocycles. The maximum atomic E-state index is 11.3. The molecule has 2 amide bonds. The van der Waals surface area contributed by atoms with Crippen molar-refractivity contribution in [2.45, 2.75) is 49.4 Å². The summed E-state index contributed by atoms with van der Waals surface area (Å²) < 4.78 is 0. The minimum atomic E-state index is -0.732. The van der Waals surface area contributed by atoms with Crippen molar-refractivity contribution in [3.63, 3.8) is 0 Å². The third-order valence-corrected chi connectivity index (χ3v) is 5.17. The molecule has 2 rings (SSSR count). The molecule has 0 radical (unpaired) electrons. The number of carbonyl (C=O) groups excluding carboxylic acids is 1. The van der Waals surface area contributed by atoms with E-state index >= 15 is 0 Å². The number of amides is 2. The first-order valence-electron chi connectivity index (χ1n) is 5.93. The van der Waals surface area contributed by atoms with Crippen molar-refractivity contribution in [3.05, 3.63) is 0 Å². The van der Waals surface area contributed by atoms with Crippen molar-refractivity contribution in [1.29, 1.82) is 0 Å². The van der Waals surface area contributed by atoms with Gasteiger partial charge in [0.1, 0.15) is 0 Å². The van der Waals surface area contributed by atoms with E-state index in [9.17, 15) is 9.59 Å². The Morgan fingerprint density at radius 3 is 3.06 bits per heavy atom. The van der Waals surface area contributed by atoms with Gasteiger partial charge in [0.05, 0.1) is 11.6 Å². The number of carboxylic acids is 1. The highest BCUT2D eigenvalue weighted by molar-refractivity contribution is 8.00. The molecule has 0 bridgehead atoms. The molecular formula is C11H18N2O3S. The van der Waals surface area contributed by atoms with Crippen molar-refractivity contribution in [2.24, 2.45) is 0 Å². The highest BCUT2D eigenvalue weighted by atomic mass is 32.2. The molecule has 2 heterocycles. The Morgan fingerprint density at radius 1 is 1.59 bits per heavy atom. The van der Waals surface area contributed by atoms with Crippen LogP contribution in [0.3, 0.4) is 0 Å². The minimum Gasteiger partial charge on any atom is -0.481 e. The quantitative estimate of drug-likeness (QED) is 0.511.